The van der Waals surface area contributed by atoms with Crippen molar-refractivity contribution < 1.29 is 23.8 Å². The van der Waals surface area contributed by atoms with E-state index in [1.165, 1.54) is 29.3 Å². The van der Waals surface area contributed by atoms with Crippen LogP contribution in [0.1, 0.15) is 56.7 Å². The molecule has 0 amide bonds. The Hall–Kier alpha value is -2.70. The number of benzene rings is 2. The van der Waals surface area contributed by atoms with Gasteiger partial charge in [0.25, 0.3) is 0 Å². The molecule has 0 spiro atoms. The smallest absolute Gasteiger partial charge is 0.330 e. The third-order valence-electron chi connectivity index (χ3n) is 6.97. The number of hydrogen-bond donors (Lipinski definition) is 2. The second-order valence-electron chi connectivity index (χ2n) is 9.36. The molecule has 2 aromatic carbocycles. The minimum atomic E-state index is -0.786. The highest BCUT2D eigenvalue weighted by Gasteiger charge is 2.32. The van der Waals surface area contributed by atoms with Crippen molar-refractivity contribution in [1.82, 2.24) is 5.32 Å². The zero-order valence-electron chi connectivity index (χ0n) is 21.1. The Kier molecular flexibility index (Phi) is 9.87. The number of rotatable bonds is 13. The molecule has 0 bridgehead atoms. The molecule has 6 heteroatoms. The molecule has 190 valence electrons. The van der Waals surface area contributed by atoms with Crippen LogP contribution < -0.4 is 10.1 Å². The Balaban J connectivity index is 1.52. The molecule has 0 aliphatic heterocycles. The number of β-amino-alcohol motifs (C(OH)–C–C–N with tert-alkyl or cyclic N) is 1. The second kappa shape index (κ2) is 12.8. The molecule has 2 N–H and O–H groups in total. The van der Waals surface area contributed by atoms with E-state index in [4.69, 9.17) is 9.47 Å². The third kappa shape index (κ3) is 7.64. The largest absolute Gasteiger partial charge is 0.488 e. The van der Waals surface area contributed by atoms with Crippen molar-refractivity contribution in [2.24, 2.45) is 5.92 Å². The van der Waals surface area contributed by atoms with Gasteiger partial charge in [0.2, 0.25) is 0 Å². The summed E-state index contributed by atoms with van der Waals surface area (Å²) in [6.07, 6.45) is 7.23. The summed E-state index contributed by atoms with van der Waals surface area (Å²) in [5, 5.41) is 14.2. The molecule has 0 fully saturated rings. The van der Waals surface area contributed by atoms with E-state index in [1.54, 1.807) is 19.1 Å². The molecule has 2 aromatic rings. The number of aliphatic hydroxyl groups excluding tert-OH is 1. The van der Waals surface area contributed by atoms with E-state index in [-0.39, 0.29) is 17.9 Å². The molecule has 1 atom stereocenters. The van der Waals surface area contributed by atoms with Crippen molar-refractivity contribution in [1.29, 1.82) is 0 Å². The topological polar surface area (TPSA) is 67.8 Å². The molecular weight excluding hydrogens is 445 g/mol. The summed E-state index contributed by atoms with van der Waals surface area (Å²) >= 11 is 0. The zero-order chi connectivity index (χ0) is 25.3. The van der Waals surface area contributed by atoms with E-state index in [0.29, 0.717) is 24.6 Å². The average Bonchev–Trinajstić information content (AvgIpc) is 3.27. The minimum Gasteiger partial charge on any atom is -0.488 e. The molecule has 0 radical (unpaired) electrons. The maximum atomic E-state index is 14.2. The molecule has 3 rings (SSSR count). The van der Waals surface area contributed by atoms with Gasteiger partial charge in [0.1, 0.15) is 12.7 Å². The van der Waals surface area contributed by atoms with Gasteiger partial charge in [-0.1, -0.05) is 44.2 Å². The molecule has 0 saturated heterocycles. The average molecular weight is 484 g/mol. The van der Waals surface area contributed by atoms with Crippen LogP contribution in [-0.4, -0.2) is 42.5 Å². The van der Waals surface area contributed by atoms with Gasteiger partial charge in [-0.05, 0) is 79.8 Å². The second-order valence-corrected chi connectivity index (χ2v) is 9.36. The molecule has 0 aromatic heterocycles. The van der Waals surface area contributed by atoms with Crippen LogP contribution in [0.15, 0.2) is 48.5 Å². The maximum Gasteiger partial charge on any atom is 0.330 e. The van der Waals surface area contributed by atoms with Gasteiger partial charge >= 0.3 is 5.97 Å². The summed E-state index contributed by atoms with van der Waals surface area (Å²) in [6, 6.07) is 13.0. The number of carbonyl (C=O) groups is 1. The molecule has 1 aliphatic rings. The molecule has 0 saturated carbocycles. The zero-order valence-corrected chi connectivity index (χ0v) is 21.1. The number of ether oxygens (including phenoxy) is 2. The Morgan fingerprint density at radius 1 is 1.17 bits per heavy atom. The predicted octanol–water partition coefficient (Wildman–Crippen LogP) is 5.10. The van der Waals surface area contributed by atoms with Gasteiger partial charge in [-0.2, -0.15) is 0 Å². The summed E-state index contributed by atoms with van der Waals surface area (Å²) < 4.78 is 24.7. The Labute approximate surface area is 208 Å². The standard InChI is InChI=1S/C29H38FNO4/c1-4-29(5-2,18-22-15-23-9-7-8-10-24(23)16-22)31-19-25(32)20-35-27-17-21(11-13-26(27)30)12-14-28(33)34-6-3/h7-14,17,22,25,31-32H,4-6,15-16,18-20H2,1-3H3/b14-12+/t25-/m1/s1. The van der Waals surface area contributed by atoms with Crippen molar-refractivity contribution in [2.75, 3.05) is 19.8 Å². The first-order valence-electron chi connectivity index (χ1n) is 12.6. The number of carbonyl (C=O) groups excluding carboxylic acids is 1. The van der Waals surface area contributed by atoms with Gasteiger partial charge in [-0.3, -0.25) is 0 Å². The van der Waals surface area contributed by atoms with Crippen LogP contribution in [0.3, 0.4) is 0 Å². The summed E-state index contributed by atoms with van der Waals surface area (Å²) in [7, 11) is 0. The van der Waals surface area contributed by atoms with Crippen molar-refractivity contribution in [3.63, 3.8) is 0 Å². The van der Waals surface area contributed by atoms with Gasteiger partial charge in [0.05, 0.1) is 6.61 Å². The number of halogens is 1. The van der Waals surface area contributed by atoms with Crippen LogP contribution in [-0.2, 0) is 22.4 Å². The lowest BCUT2D eigenvalue weighted by atomic mass is 9.81. The fourth-order valence-corrected chi connectivity index (χ4v) is 4.88. The third-order valence-corrected chi connectivity index (χ3v) is 6.97. The molecular formula is C29H38FNO4. The van der Waals surface area contributed by atoms with Crippen molar-refractivity contribution in [3.8, 4) is 5.75 Å². The van der Waals surface area contributed by atoms with E-state index in [1.807, 2.05) is 0 Å². The Morgan fingerprint density at radius 3 is 2.49 bits per heavy atom. The van der Waals surface area contributed by atoms with Gasteiger partial charge < -0.3 is 19.9 Å². The minimum absolute atomic E-state index is 0.0344. The van der Waals surface area contributed by atoms with E-state index < -0.39 is 17.9 Å². The first-order valence-corrected chi connectivity index (χ1v) is 12.6. The van der Waals surface area contributed by atoms with Crippen LogP contribution in [0.5, 0.6) is 5.75 Å². The molecule has 0 heterocycles. The van der Waals surface area contributed by atoms with Crippen LogP contribution in [0.4, 0.5) is 4.39 Å². The molecule has 1 aliphatic carbocycles. The first kappa shape index (κ1) is 26.9. The van der Waals surface area contributed by atoms with E-state index in [0.717, 1.165) is 32.1 Å². The van der Waals surface area contributed by atoms with Gasteiger partial charge in [-0.15, -0.1) is 0 Å². The monoisotopic (exact) mass is 483 g/mol. The highest BCUT2D eigenvalue weighted by Crippen LogP contribution is 2.34. The summed E-state index contributed by atoms with van der Waals surface area (Å²) in [4.78, 5) is 11.5. The Bertz CT molecular complexity index is 977. The van der Waals surface area contributed by atoms with E-state index >= 15 is 0 Å². The lowest BCUT2D eigenvalue weighted by Gasteiger charge is -2.36. The van der Waals surface area contributed by atoms with Crippen LogP contribution in [0.25, 0.3) is 6.08 Å². The van der Waals surface area contributed by atoms with Crippen molar-refractivity contribution in [2.45, 2.75) is 64.5 Å². The Morgan fingerprint density at radius 2 is 1.86 bits per heavy atom. The summed E-state index contributed by atoms with van der Waals surface area (Å²) in [5.41, 5.74) is 3.45. The van der Waals surface area contributed by atoms with Crippen molar-refractivity contribution >= 4 is 12.0 Å². The van der Waals surface area contributed by atoms with Crippen LogP contribution in [0.2, 0.25) is 0 Å². The number of aliphatic hydroxyl groups is 1. The fourth-order valence-electron chi connectivity index (χ4n) is 4.88. The quantitative estimate of drug-likeness (QED) is 0.307. The van der Waals surface area contributed by atoms with Crippen molar-refractivity contribution in [3.05, 3.63) is 71.0 Å². The lowest BCUT2D eigenvalue weighted by Crippen LogP contribution is -2.49. The number of nitrogens with one attached hydrogen (secondary N) is 1. The summed E-state index contributed by atoms with van der Waals surface area (Å²) in [6.45, 7) is 6.73. The van der Waals surface area contributed by atoms with Gasteiger partial charge in [-0.25, -0.2) is 9.18 Å². The molecule has 35 heavy (non-hydrogen) atoms. The highest BCUT2D eigenvalue weighted by atomic mass is 19.1. The first-order chi connectivity index (χ1) is 16.9. The lowest BCUT2D eigenvalue weighted by molar-refractivity contribution is -0.137. The molecule has 5 nitrogen and oxygen atoms in total. The number of fused-ring (bicyclic) bond motifs is 1. The van der Waals surface area contributed by atoms with E-state index in [2.05, 4.69) is 43.4 Å². The van der Waals surface area contributed by atoms with Crippen LogP contribution in [0, 0.1) is 11.7 Å². The predicted molar refractivity (Wildman–Crippen MR) is 137 cm³/mol. The highest BCUT2D eigenvalue weighted by molar-refractivity contribution is 5.87. The van der Waals surface area contributed by atoms with Gasteiger partial charge in [0, 0.05) is 18.2 Å². The number of esters is 1. The normalized spacial score (nSPS) is 14.8. The van der Waals surface area contributed by atoms with Gasteiger partial charge in [0.15, 0.2) is 11.6 Å². The SMILES string of the molecule is CCOC(=O)/C=C/c1ccc(F)c(OC[C@H](O)CNC(CC)(CC)CC2Cc3ccccc3C2)c1. The van der Waals surface area contributed by atoms with E-state index in [9.17, 15) is 14.3 Å². The fraction of sp³-hybridized carbons (Fsp3) is 0.483. The number of hydrogen-bond acceptors (Lipinski definition) is 5. The molecule has 0 unspecified atom stereocenters. The van der Waals surface area contributed by atoms with Crippen LogP contribution >= 0.6 is 0 Å². The summed E-state index contributed by atoms with van der Waals surface area (Å²) in [5.74, 6) is -0.350. The maximum absolute atomic E-state index is 14.2.